The zero-order valence-electron chi connectivity index (χ0n) is 16.2. The molecule has 2 bridgehead atoms. The number of hydrazone groups is 1. The number of hydrogen-bond donors (Lipinski definition) is 0. The van der Waals surface area contributed by atoms with Gasteiger partial charge in [0, 0.05) is 5.02 Å². The molecule has 1 saturated heterocycles. The Balaban J connectivity index is 1.30. The summed E-state index contributed by atoms with van der Waals surface area (Å²) in [5, 5.41) is 6.41. The lowest BCUT2D eigenvalue weighted by Gasteiger charge is -2.13. The number of ether oxygens (including phenoxy) is 1. The largest absolute Gasteiger partial charge is 0.486 e. The first-order valence-corrected chi connectivity index (χ1v) is 11.0. The highest BCUT2D eigenvalue weighted by molar-refractivity contribution is 6.37. The van der Waals surface area contributed by atoms with Crippen molar-refractivity contribution in [1.29, 1.82) is 0 Å². The molecule has 1 aliphatic heterocycles. The van der Waals surface area contributed by atoms with Crippen molar-refractivity contribution < 1.29 is 14.3 Å². The van der Waals surface area contributed by atoms with E-state index in [2.05, 4.69) is 5.10 Å². The molecule has 158 valence electrons. The van der Waals surface area contributed by atoms with Crippen LogP contribution in [0.3, 0.4) is 0 Å². The first-order valence-electron chi connectivity index (χ1n) is 9.89. The topological polar surface area (TPSA) is 59.0 Å². The van der Waals surface area contributed by atoms with Crippen LogP contribution in [0.2, 0.25) is 15.1 Å². The summed E-state index contributed by atoms with van der Waals surface area (Å²) in [5.74, 6) is -0.390. The van der Waals surface area contributed by atoms with E-state index in [4.69, 9.17) is 39.5 Å². The smallest absolute Gasteiger partial charge is 0.254 e. The maximum absolute atomic E-state index is 12.7. The number of carbonyl (C=O) groups is 2. The molecule has 1 heterocycles. The summed E-state index contributed by atoms with van der Waals surface area (Å²) in [4.78, 5) is 25.4. The predicted octanol–water partition coefficient (Wildman–Crippen LogP) is 5.37. The second-order valence-electron chi connectivity index (χ2n) is 7.96. The van der Waals surface area contributed by atoms with Gasteiger partial charge >= 0.3 is 0 Å². The number of fused-ring (bicyclic) bond motifs is 5. The van der Waals surface area contributed by atoms with Gasteiger partial charge in [-0.05, 0) is 53.6 Å². The van der Waals surface area contributed by atoms with Crippen LogP contribution in [-0.4, -0.2) is 23.0 Å². The van der Waals surface area contributed by atoms with Crippen molar-refractivity contribution in [2.75, 3.05) is 0 Å². The second-order valence-corrected chi connectivity index (χ2v) is 9.21. The van der Waals surface area contributed by atoms with Crippen molar-refractivity contribution in [3.05, 3.63) is 74.7 Å². The van der Waals surface area contributed by atoms with Crippen LogP contribution in [0, 0.1) is 23.7 Å². The van der Waals surface area contributed by atoms with Gasteiger partial charge in [-0.1, -0.05) is 59.1 Å². The molecule has 2 aliphatic carbocycles. The lowest BCUT2D eigenvalue weighted by molar-refractivity contribution is -0.140. The van der Waals surface area contributed by atoms with Crippen molar-refractivity contribution in [1.82, 2.24) is 5.01 Å². The molecule has 0 radical (unpaired) electrons. The van der Waals surface area contributed by atoms with E-state index in [-0.39, 0.29) is 42.1 Å². The van der Waals surface area contributed by atoms with E-state index in [1.807, 2.05) is 24.3 Å². The summed E-state index contributed by atoms with van der Waals surface area (Å²) < 4.78 is 5.76. The average molecular weight is 476 g/mol. The molecule has 5 rings (SSSR count). The molecule has 2 aromatic rings. The van der Waals surface area contributed by atoms with Crippen LogP contribution >= 0.6 is 34.8 Å². The summed E-state index contributed by atoms with van der Waals surface area (Å²) in [7, 11) is 0. The molecule has 4 atom stereocenters. The van der Waals surface area contributed by atoms with E-state index in [0.717, 1.165) is 17.0 Å². The zero-order valence-corrected chi connectivity index (χ0v) is 18.4. The van der Waals surface area contributed by atoms with Crippen LogP contribution in [0.5, 0.6) is 5.75 Å². The van der Waals surface area contributed by atoms with E-state index in [1.165, 1.54) is 6.21 Å². The molecule has 0 unspecified atom stereocenters. The fourth-order valence-corrected chi connectivity index (χ4v) is 5.39. The Hall–Kier alpha value is -2.34. The SMILES string of the molecule is O=C1[C@@H]2[C@H](C(=O)N1N=Cc1cc(Cl)c(OCc3ccc(Cl)cc3)c(Cl)c1)[C@H]1C=C[C@H]2C1. The van der Waals surface area contributed by atoms with E-state index in [9.17, 15) is 9.59 Å². The third-order valence-corrected chi connectivity index (χ3v) is 6.90. The molecule has 0 aromatic heterocycles. The predicted molar refractivity (Wildman–Crippen MR) is 119 cm³/mol. The minimum absolute atomic E-state index is 0.146. The highest BCUT2D eigenvalue weighted by Gasteiger charge is 2.59. The first kappa shape index (κ1) is 20.6. The van der Waals surface area contributed by atoms with Gasteiger partial charge in [0.25, 0.3) is 11.8 Å². The molecule has 8 heteroatoms. The number of halogens is 3. The number of benzene rings is 2. The summed E-state index contributed by atoms with van der Waals surface area (Å²) in [6, 6.07) is 10.5. The normalized spacial score (nSPS) is 26.4. The quantitative estimate of drug-likeness (QED) is 0.332. The number of carbonyl (C=O) groups excluding carboxylic acids is 2. The van der Waals surface area contributed by atoms with E-state index < -0.39 is 0 Å². The molecule has 1 saturated carbocycles. The lowest BCUT2D eigenvalue weighted by atomic mass is 9.85. The highest BCUT2D eigenvalue weighted by atomic mass is 35.5. The Labute approximate surface area is 194 Å². The minimum atomic E-state index is -0.282. The standard InChI is InChI=1S/C23H17Cl3N2O3/c24-16-5-1-12(2-6-16)11-31-21-17(25)7-13(8-18(21)26)10-27-28-22(29)19-14-3-4-15(9-14)20(19)23(28)30/h1-8,10,14-15,19-20H,9,11H2/t14-,15-,19-,20+/m0/s1. The van der Waals surface area contributed by atoms with Crippen LogP contribution in [0.15, 0.2) is 53.7 Å². The molecule has 0 N–H and O–H groups in total. The van der Waals surface area contributed by atoms with Gasteiger partial charge < -0.3 is 4.74 Å². The van der Waals surface area contributed by atoms with Crippen LogP contribution in [-0.2, 0) is 16.2 Å². The molecule has 5 nitrogen and oxygen atoms in total. The van der Waals surface area contributed by atoms with Crippen molar-refractivity contribution >= 4 is 52.8 Å². The summed E-state index contributed by atoms with van der Waals surface area (Å²) >= 11 is 18.6. The second kappa shape index (κ2) is 7.97. The Morgan fingerprint density at radius 1 is 0.968 bits per heavy atom. The minimum Gasteiger partial charge on any atom is -0.486 e. The fraction of sp³-hybridized carbons (Fsp3) is 0.261. The molecule has 31 heavy (non-hydrogen) atoms. The monoisotopic (exact) mass is 474 g/mol. The Kier molecular flexibility index (Phi) is 5.29. The number of imide groups is 1. The van der Waals surface area contributed by atoms with Gasteiger partial charge in [-0.25, -0.2) is 0 Å². The number of amides is 2. The Bertz CT molecular complexity index is 1080. The first-order chi connectivity index (χ1) is 14.9. The summed E-state index contributed by atoms with van der Waals surface area (Å²) in [6.07, 6.45) is 6.40. The van der Waals surface area contributed by atoms with Crippen LogP contribution in [0.4, 0.5) is 0 Å². The molecule has 2 aromatic carbocycles. The zero-order chi connectivity index (χ0) is 21.7. The number of allylic oxidation sites excluding steroid dienone is 2. The van der Waals surface area contributed by atoms with E-state index >= 15 is 0 Å². The number of nitrogens with zero attached hydrogens (tertiary/aromatic N) is 2. The van der Waals surface area contributed by atoms with Gasteiger partial charge in [0.05, 0.1) is 28.1 Å². The lowest BCUT2D eigenvalue weighted by Crippen LogP contribution is -2.28. The number of hydrogen-bond acceptors (Lipinski definition) is 4. The molecular weight excluding hydrogens is 459 g/mol. The van der Waals surface area contributed by atoms with Gasteiger partial charge in [-0.15, -0.1) is 0 Å². The van der Waals surface area contributed by atoms with Gasteiger partial charge in [0.15, 0.2) is 5.75 Å². The highest BCUT2D eigenvalue weighted by Crippen LogP contribution is 2.52. The maximum Gasteiger partial charge on any atom is 0.254 e. The molecule has 0 spiro atoms. The van der Waals surface area contributed by atoms with Gasteiger partial charge in [0.1, 0.15) is 6.61 Å². The Morgan fingerprint density at radius 3 is 2.13 bits per heavy atom. The Morgan fingerprint density at radius 2 is 1.55 bits per heavy atom. The van der Waals surface area contributed by atoms with Crippen molar-refractivity contribution in [3.63, 3.8) is 0 Å². The molecular formula is C23H17Cl3N2O3. The van der Waals surface area contributed by atoms with Gasteiger partial charge in [-0.2, -0.15) is 10.1 Å². The summed E-state index contributed by atoms with van der Waals surface area (Å²) in [5.41, 5.74) is 1.48. The third-order valence-electron chi connectivity index (χ3n) is 6.09. The fourth-order valence-electron chi connectivity index (χ4n) is 4.65. The third kappa shape index (κ3) is 3.65. The maximum atomic E-state index is 12.7. The van der Waals surface area contributed by atoms with Crippen molar-refractivity contribution in [2.45, 2.75) is 13.0 Å². The van der Waals surface area contributed by atoms with Crippen molar-refractivity contribution in [3.8, 4) is 5.75 Å². The molecule has 2 fully saturated rings. The van der Waals surface area contributed by atoms with Gasteiger partial charge in [0.2, 0.25) is 0 Å². The van der Waals surface area contributed by atoms with Crippen LogP contribution in [0.1, 0.15) is 17.5 Å². The van der Waals surface area contributed by atoms with Crippen LogP contribution < -0.4 is 4.74 Å². The molecule has 2 amide bonds. The van der Waals surface area contributed by atoms with E-state index in [1.54, 1.807) is 24.3 Å². The van der Waals surface area contributed by atoms with Crippen molar-refractivity contribution in [2.24, 2.45) is 28.8 Å². The number of rotatable bonds is 5. The van der Waals surface area contributed by atoms with E-state index in [0.29, 0.717) is 26.4 Å². The average Bonchev–Trinajstić information content (AvgIpc) is 3.42. The van der Waals surface area contributed by atoms with Gasteiger partial charge in [-0.3, -0.25) is 9.59 Å². The molecule has 3 aliphatic rings. The summed E-state index contributed by atoms with van der Waals surface area (Å²) in [6.45, 7) is 0.278. The van der Waals surface area contributed by atoms with Crippen LogP contribution in [0.25, 0.3) is 0 Å².